The van der Waals surface area contributed by atoms with Gasteiger partial charge in [-0.15, -0.1) is 0 Å². The number of anilines is 1. The second-order valence-corrected chi connectivity index (χ2v) is 6.56. The van der Waals surface area contributed by atoms with Crippen LogP contribution in [0.5, 0.6) is 0 Å². The van der Waals surface area contributed by atoms with Gasteiger partial charge in [-0.25, -0.2) is 14.8 Å². The molecule has 1 aliphatic heterocycles. The number of hydrogen-bond donors (Lipinski definition) is 0. The second kappa shape index (κ2) is 5.77. The molecule has 0 aliphatic carbocycles. The van der Waals surface area contributed by atoms with Gasteiger partial charge in [0.1, 0.15) is 5.82 Å². The van der Waals surface area contributed by atoms with Crippen LogP contribution in [0.15, 0.2) is 12.3 Å². The van der Waals surface area contributed by atoms with Gasteiger partial charge in [0.15, 0.2) is 0 Å². The molecule has 0 unspecified atom stereocenters. The molecule has 1 aliphatic rings. The number of aromatic nitrogens is 2. The van der Waals surface area contributed by atoms with E-state index in [9.17, 15) is 4.79 Å². The van der Waals surface area contributed by atoms with Gasteiger partial charge in [0.25, 0.3) is 0 Å². The fourth-order valence-corrected chi connectivity index (χ4v) is 2.63. The summed E-state index contributed by atoms with van der Waals surface area (Å²) < 4.78 is 6.00. The van der Waals surface area contributed by atoms with Crippen LogP contribution in [0.3, 0.4) is 0 Å². The third-order valence-corrected chi connectivity index (χ3v) is 3.45. The fraction of sp³-hybridized carbons (Fsp3) is 0.643. The Morgan fingerprint density at radius 3 is 2.71 bits per heavy atom. The third kappa shape index (κ3) is 3.63. The predicted molar refractivity (Wildman–Crippen MR) is 81.6 cm³/mol. The van der Waals surface area contributed by atoms with E-state index in [2.05, 4.69) is 9.97 Å². The number of urea groups is 1. The Kier molecular flexibility index (Phi) is 4.39. The fourth-order valence-electron chi connectivity index (χ4n) is 2.49. The van der Waals surface area contributed by atoms with Crippen LogP contribution in [0, 0.1) is 0 Å². The van der Waals surface area contributed by atoms with Crippen molar-refractivity contribution in [3.63, 3.8) is 0 Å². The van der Waals surface area contributed by atoms with Crippen molar-refractivity contribution >= 4 is 23.4 Å². The van der Waals surface area contributed by atoms with Gasteiger partial charge in [0.05, 0.1) is 17.7 Å². The maximum atomic E-state index is 12.4. The first-order valence-corrected chi connectivity index (χ1v) is 7.27. The largest absolute Gasteiger partial charge is 0.371 e. The predicted octanol–water partition coefficient (Wildman–Crippen LogP) is 2.57. The summed E-state index contributed by atoms with van der Waals surface area (Å²) in [4.78, 5) is 23.7. The number of nitrogens with zero attached hydrogens (tertiary/aromatic N) is 4. The lowest BCUT2D eigenvalue weighted by Gasteiger charge is -2.32. The number of hydrogen-bond acceptors (Lipinski definition) is 4. The summed E-state index contributed by atoms with van der Waals surface area (Å²) in [6.45, 7) is 8.54. The maximum absolute atomic E-state index is 12.4. The highest BCUT2D eigenvalue weighted by Crippen LogP contribution is 2.27. The van der Waals surface area contributed by atoms with E-state index in [4.69, 9.17) is 16.3 Å². The molecule has 0 spiro atoms. The van der Waals surface area contributed by atoms with Crippen molar-refractivity contribution < 1.29 is 9.53 Å². The average Bonchev–Trinajstić information content (AvgIpc) is 2.64. The van der Waals surface area contributed by atoms with E-state index in [1.165, 1.54) is 0 Å². The molecule has 2 amide bonds. The normalized spacial score (nSPS) is 21.0. The van der Waals surface area contributed by atoms with E-state index < -0.39 is 0 Å². The van der Waals surface area contributed by atoms with E-state index in [1.54, 1.807) is 29.1 Å². The zero-order valence-electron chi connectivity index (χ0n) is 13.0. The number of carbonyl (C=O) groups is 1. The van der Waals surface area contributed by atoms with E-state index in [0.717, 1.165) is 0 Å². The Hall–Kier alpha value is -1.40. The van der Waals surface area contributed by atoms with E-state index in [-0.39, 0.29) is 29.1 Å². The van der Waals surface area contributed by atoms with Gasteiger partial charge in [0, 0.05) is 19.8 Å². The Labute approximate surface area is 130 Å². The van der Waals surface area contributed by atoms with Crippen LogP contribution in [0.25, 0.3) is 0 Å². The highest BCUT2D eigenvalue weighted by Gasteiger charge is 2.41. The molecular formula is C14H21ClN4O2. The minimum Gasteiger partial charge on any atom is -0.371 e. The number of ether oxygens (including phenoxy) is 1. The lowest BCUT2D eigenvalue weighted by molar-refractivity contribution is -0.0599. The molecule has 0 saturated carbocycles. The van der Waals surface area contributed by atoms with Crippen molar-refractivity contribution in [1.29, 1.82) is 0 Å². The summed E-state index contributed by atoms with van der Waals surface area (Å²) >= 11 is 5.84. The van der Waals surface area contributed by atoms with E-state index in [0.29, 0.717) is 12.4 Å². The van der Waals surface area contributed by atoms with Crippen molar-refractivity contribution in [3.8, 4) is 0 Å². The lowest BCUT2D eigenvalue weighted by Crippen LogP contribution is -2.45. The molecule has 1 saturated heterocycles. The number of carbonyl (C=O) groups excluding carboxylic acids is 1. The molecule has 7 heteroatoms. The highest BCUT2D eigenvalue weighted by molar-refractivity contribution is 6.28. The number of halogens is 1. The highest BCUT2D eigenvalue weighted by atomic mass is 35.5. The first kappa shape index (κ1) is 16.0. The third-order valence-electron chi connectivity index (χ3n) is 3.26. The second-order valence-electron chi connectivity index (χ2n) is 6.22. The first-order chi connectivity index (χ1) is 9.69. The van der Waals surface area contributed by atoms with Gasteiger partial charge in [-0.1, -0.05) is 0 Å². The smallest absolute Gasteiger partial charge is 0.325 e. The molecule has 2 heterocycles. The van der Waals surface area contributed by atoms with Crippen LogP contribution in [-0.4, -0.2) is 52.2 Å². The molecule has 0 radical (unpaired) electrons. The number of amides is 2. The van der Waals surface area contributed by atoms with Crippen molar-refractivity contribution in [2.24, 2.45) is 0 Å². The van der Waals surface area contributed by atoms with Gasteiger partial charge >= 0.3 is 6.03 Å². The Morgan fingerprint density at radius 1 is 1.48 bits per heavy atom. The van der Waals surface area contributed by atoms with Gasteiger partial charge in [-0.3, -0.25) is 4.90 Å². The van der Waals surface area contributed by atoms with Crippen LogP contribution >= 0.6 is 11.6 Å². The zero-order chi connectivity index (χ0) is 15.8. The number of rotatable bonds is 3. The summed E-state index contributed by atoms with van der Waals surface area (Å²) in [5, 5.41) is 0.123. The molecule has 1 fully saturated rings. The van der Waals surface area contributed by atoms with Crippen LogP contribution in [-0.2, 0) is 4.74 Å². The van der Waals surface area contributed by atoms with Crippen LogP contribution in [0.1, 0.15) is 27.7 Å². The van der Waals surface area contributed by atoms with Gasteiger partial charge in [-0.05, 0) is 45.4 Å². The Bertz CT molecular complexity index is 532. The minimum absolute atomic E-state index is 0.112. The summed E-state index contributed by atoms with van der Waals surface area (Å²) in [6, 6.07) is 1.45. The standard InChI is InChI=1S/C14H21ClN4O2/c1-9(21-14(2,3)4)10-8-18(5)13(20)19(10)11-6-7-16-12(15)17-11/h6-7,9-10H,8H2,1-5H3/t9-,10-/m1/s1. The molecule has 6 nitrogen and oxygen atoms in total. The van der Waals surface area contributed by atoms with Crippen LogP contribution in [0.2, 0.25) is 5.28 Å². The lowest BCUT2D eigenvalue weighted by atomic mass is 10.1. The first-order valence-electron chi connectivity index (χ1n) is 6.90. The molecule has 2 atom stereocenters. The average molecular weight is 313 g/mol. The summed E-state index contributed by atoms with van der Waals surface area (Å²) in [7, 11) is 1.77. The maximum Gasteiger partial charge on any atom is 0.325 e. The Balaban J connectivity index is 2.29. The molecule has 0 N–H and O–H groups in total. The molecule has 1 aromatic rings. The van der Waals surface area contributed by atoms with Crippen LogP contribution in [0.4, 0.5) is 10.6 Å². The van der Waals surface area contributed by atoms with E-state index in [1.807, 2.05) is 27.7 Å². The molecule has 1 aromatic heterocycles. The molecule has 116 valence electrons. The van der Waals surface area contributed by atoms with Crippen molar-refractivity contribution in [2.75, 3.05) is 18.5 Å². The SMILES string of the molecule is C[C@@H](OC(C)(C)C)[C@H]1CN(C)C(=O)N1c1ccnc(Cl)n1. The van der Waals surface area contributed by atoms with Gasteiger partial charge < -0.3 is 9.64 Å². The molecule has 21 heavy (non-hydrogen) atoms. The summed E-state index contributed by atoms with van der Waals surface area (Å²) in [6.07, 6.45) is 1.41. The Morgan fingerprint density at radius 2 is 2.14 bits per heavy atom. The number of likely N-dealkylation sites (N-methyl/N-ethyl adjacent to an activating group) is 1. The van der Waals surface area contributed by atoms with Gasteiger partial charge in [-0.2, -0.15) is 0 Å². The minimum atomic E-state index is -0.279. The molecule has 0 aromatic carbocycles. The quantitative estimate of drug-likeness (QED) is 0.805. The topological polar surface area (TPSA) is 58.6 Å². The molecule has 0 bridgehead atoms. The van der Waals surface area contributed by atoms with Crippen molar-refractivity contribution in [3.05, 3.63) is 17.5 Å². The zero-order valence-corrected chi connectivity index (χ0v) is 13.8. The van der Waals surface area contributed by atoms with Crippen molar-refractivity contribution in [2.45, 2.75) is 45.4 Å². The molecule has 2 rings (SSSR count). The van der Waals surface area contributed by atoms with Crippen molar-refractivity contribution in [1.82, 2.24) is 14.9 Å². The van der Waals surface area contributed by atoms with Gasteiger partial charge in [0.2, 0.25) is 5.28 Å². The summed E-state index contributed by atoms with van der Waals surface area (Å²) in [5.41, 5.74) is -0.279. The monoisotopic (exact) mass is 312 g/mol. The summed E-state index contributed by atoms with van der Waals surface area (Å²) in [5.74, 6) is 0.499. The van der Waals surface area contributed by atoms with E-state index >= 15 is 0 Å². The molecular weight excluding hydrogens is 292 g/mol. The van der Waals surface area contributed by atoms with Crippen LogP contribution < -0.4 is 4.90 Å².